The summed E-state index contributed by atoms with van der Waals surface area (Å²) in [6.07, 6.45) is 3.64. The summed E-state index contributed by atoms with van der Waals surface area (Å²) < 4.78 is 0. The summed E-state index contributed by atoms with van der Waals surface area (Å²) in [5.74, 6) is 0. The topological polar surface area (TPSA) is 26.0 Å². The zero-order chi connectivity index (χ0) is 8.97. The van der Waals surface area contributed by atoms with Crippen LogP contribution in [0.2, 0.25) is 10.0 Å². The van der Waals surface area contributed by atoms with Gasteiger partial charge in [0.25, 0.3) is 0 Å². The second kappa shape index (κ2) is 4.51. The molecule has 0 bridgehead atoms. The van der Waals surface area contributed by atoms with E-state index in [4.69, 9.17) is 28.9 Å². The van der Waals surface area contributed by atoms with E-state index in [2.05, 4.69) is 0 Å². The van der Waals surface area contributed by atoms with E-state index in [1.54, 1.807) is 12.1 Å². The van der Waals surface area contributed by atoms with Crippen molar-refractivity contribution in [3.8, 4) is 0 Å². The standard InChI is InChI=1S/C9H9Cl2N/c10-8-4-1-5-9(11)7(8)3-2-6-12/h1-5H,6,12H2/b3-2+. The van der Waals surface area contributed by atoms with Gasteiger partial charge >= 0.3 is 0 Å². The van der Waals surface area contributed by atoms with Crippen molar-refractivity contribution in [2.24, 2.45) is 5.73 Å². The highest BCUT2D eigenvalue weighted by molar-refractivity contribution is 6.37. The fourth-order valence-electron chi connectivity index (χ4n) is 0.856. The first-order chi connectivity index (χ1) is 5.75. The second-order valence-corrected chi connectivity index (χ2v) is 3.09. The summed E-state index contributed by atoms with van der Waals surface area (Å²) in [5, 5.41) is 1.29. The summed E-state index contributed by atoms with van der Waals surface area (Å²) in [4.78, 5) is 0. The molecule has 2 N–H and O–H groups in total. The molecule has 64 valence electrons. The third kappa shape index (κ3) is 2.24. The first-order valence-electron chi connectivity index (χ1n) is 3.56. The lowest BCUT2D eigenvalue weighted by Crippen LogP contribution is -1.92. The first kappa shape index (κ1) is 9.59. The van der Waals surface area contributed by atoms with Crippen LogP contribution < -0.4 is 5.73 Å². The molecule has 1 nitrogen and oxygen atoms in total. The molecule has 0 aromatic heterocycles. The van der Waals surface area contributed by atoms with Gasteiger partial charge in [-0.3, -0.25) is 0 Å². The molecule has 0 amide bonds. The predicted molar refractivity (Wildman–Crippen MR) is 54.6 cm³/mol. The summed E-state index contributed by atoms with van der Waals surface area (Å²) in [6.45, 7) is 0.488. The van der Waals surface area contributed by atoms with Crippen LogP contribution in [-0.4, -0.2) is 6.54 Å². The molecule has 3 heteroatoms. The molecule has 0 fully saturated rings. The van der Waals surface area contributed by atoms with Crippen molar-refractivity contribution in [1.82, 2.24) is 0 Å². The van der Waals surface area contributed by atoms with Gasteiger partial charge in [0.2, 0.25) is 0 Å². The average Bonchev–Trinajstić information content (AvgIpc) is 2.04. The highest BCUT2D eigenvalue weighted by Gasteiger charge is 1.99. The minimum atomic E-state index is 0.488. The molecule has 12 heavy (non-hydrogen) atoms. The Labute approximate surface area is 81.8 Å². The molecule has 0 saturated carbocycles. The number of nitrogens with two attached hydrogens (primary N) is 1. The van der Waals surface area contributed by atoms with E-state index in [0.29, 0.717) is 16.6 Å². The lowest BCUT2D eigenvalue weighted by molar-refractivity contribution is 1.26. The Morgan fingerprint density at radius 1 is 1.25 bits per heavy atom. The SMILES string of the molecule is NC/C=C/c1c(Cl)cccc1Cl. The number of hydrogen-bond donors (Lipinski definition) is 1. The zero-order valence-corrected chi connectivity index (χ0v) is 7.94. The lowest BCUT2D eigenvalue weighted by Gasteiger charge is -1.99. The third-order valence-electron chi connectivity index (χ3n) is 1.42. The van der Waals surface area contributed by atoms with E-state index >= 15 is 0 Å². The average molecular weight is 202 g/mol. The minimum absolute atomic E-state index is 0.488. The fraction of sp³-hybridized carbons (Fsp3) is 0.111. The van der Waals surface area contributed by atoms with E-state index in [-0.39, 0.29) is 0 Å². The molecular formula is C9H9Cl2N. The molecule has 0 aliphatic carbocycles. The van der Waals surface area contributed by atoms with Crippen LogP contribution in [0, 0.1) is 0 Å². The molecule has 1 aromatic rings. The third-order valence-corrected chi connectivity index (χ3v) is 2.08. The lowest BCUT2D eigenvalue weighted by atomic mass is 10.2. The van der Waals surface area contributed by atoms with Crippen LogP contribution in [0.25, 0.3) is 6.08 Å². The van der Waals surface area contributed by atoms with E-state index in [9.17, 15) is 0 Å². The van der Waals surface area contributed by atoms with Crippen LogP contribution in [0.4, 0.5) is 0 Å². The van der Waals surface area contributed by atoms with Gasteiger partial charge in [0.05, 0.1) is 0 Å². The van der Waals surface area contributed by atoms with Crippen LogP contribution >= 0.6 is 23.2 Å². The predicted octanol–water partition coefficient (Wildman–Crippen LogP) is 2.97. The summed E-state index contributed by atoms with van der Waals surface area (Å²) in [7, 11) is 0. The molecule has 1 rings (SSSR count). The maximum atomic E-state index is 5.89. The molecule has 0 aliphatic rings. The Hall–Kier alpha value is -0.500. The van der Waals surface area contributed by atoms with Gasteiger partial charge < -0.3 is 5.73 Å². The van der Waals surface area contributed by atoms with Crippen molar-refractivity contribution < 1.29 is 0 Å². The van der Waals surface area contributed by atoms with Gasteiger partial charge in [-0.05, 0) is 12.1 Å². The van der Waals surface area contributed by atoms with Crippen molar-refractivity contribution in [1.29, 1.82) is 0 Å². The van der Waals surface area contributed by atoms with Crippen LogP contribution in [0.3, 0.4) is 0 Å². The molecule has 0 saturated heterocycles. The minimum Gasteiger partial charge on any atom is -0.327 e. The van der Waals surface area contributed by atoms with Gasteiger partial charge in [-0.15, -0.1) is 0 Å². The highest BCUT2D eigenvalue weighted by Crippen LogP contribution is 2.25. The zero-order valence-electron chi connectivity index (χ0n) is 6.43. The molecule has 0 radical (unpaired) electrons. The van der Waals surface area contributed by atoms with Crippen LogP contribution in [0.1, 0.15) is 5.56 Å². The summed E-state index contributed by atoms with van der Waals surface area (Å²) in [5.41, 5.74) is 6.13. The van der Waals surface area contributed by atoms with Gasteiger partial charge in [-0.25, -0.2) is 0 Å². The smallest absolute Gasteiger partial charge is 0.0493 e. The molecule has 0 spiro atoms. The van der Waals surface area contributed by atoms with Gasteiger partial charge in [0.15, 0.2) is 0 Å². The number of benzene rings is 1. The maximum absolute atomic E-state index is 5.89. The number of halogens is 2. The van der Waals surface area contributed by atoms with Crippen LogP contribution in [-0.2, 0) is 0 Å². The van der Waals surface area contributed by atoms with E-state index in [1.165, 1.54) is 0 Å². The fourth-order valence-corrected chi connectivity index (χ4v) is 1.38. The van der Waals surface area contributed by atoms with Crippen molar-refractivity contribution in [3.05, 3.63) is 39.9 Å². The van der Waals surface area contributed by atoms with E-state index in [1.807, 2.05) is 18.2 Å². The van der Waals surface area contributed by atoms with Gasteiger partial charge in [-0.2, -0.15) is 0 Å². The Bertz CT molecular complexity index is 274. The van der Waals surface area contributed by atoms with Crippen molar-refractivity contribution in [3.63, 3.8) is 0 Å². The van der Waals surface area contributed by atoms with Crippen molar-refractivity contribution >= 4 is 29.3 Å². The second-order valence-electron chi connectivity index (χ2n) is 2.27. The number of rotatable bonds is 2. The molecule has 1 aromatic carbocycles. The van der Waals surface area contributed by atoms with E-state index < -0.39 is 0 Å². The Morgan fingerprint density at radius 3 is 2.33 bits per heavy atom. The first-order valence-corrected chi connectivity index (χ1v) is 4.32. The largest absolute Gasteiger partial charge is 0.327 e. The van der Waals surface area contributed by atoms with Crippen molar-refractivity contribution in [2.75, 3.05) is 6.54 Å². The molecular weight excluding hydrogens is 193 g/mol. The summed E-state index contributed by atoms with van der Waals surface area (Å²) >= 11 is 11.8. The van der Waals surface area contributed by atoms with Gasteiger partial charge in [0, 0.05) is 22.2 Å². The van der Waals surface area contributed by atoms with Crippen LogP contribution in [0.5, 0.6) is 0 Å². The van der Waals surface area contributed by atoms with Crippen LogP contribution in [0.15, 0.2) is 24.3 Å². The number of hydrogen-bond acceptors (Lipinski definition) is 1. The van der Waals surface area contributed by atoms with E-state index in [0.717, 1.165) is 5.56 Å². The Balaban J connectivity index is 3.04. The normalized spacial score (nSPS) is 10.9. The molecule has 0 aliphatic heterocycles. The molecule has 0 atom stereocenters. The highest BCUT2D eigenvalue weighted by atomic mass is 35.5. The maximum Gasteiger partial charge on any atom is 0.0493 e. The molecule has 0 unspecified atom stereocenters. The van der Waals surface area contributed by atoms with Gasteiger partial charge in [0.1, 0.15) is 0 Å². The Morgan fingerprint density at radius 2 is 1.83 bits per heavy atom. The molecule has 0 heterocycles. The monoisotopic (exact) mass is 201 g/mol. The van der Waals surface area contributed by atoms with Gasteiger partial charge in [-0.1, -0.05) is 41.4 Å². The quantitative estimate of drug-likeness (QED) is 0.783. The summed E-state index contributed by atoms with van der Waals surface area (Å²) in [6, 6.07) is 5.40. The Kier molecular flexibility index (Phi) is 3.60. The van der Waals surface area contributed by atoms with Crippen molar-refractivity contribution in [2.45, 2.75) is 0 Å².